The third-order valence-electron chi connectivity index (χ3n) is 5.36. The highest BCUT2D eigenvalue weighted by Gasteiger charge is 2.42. The van der Waals surface area contributed by atoms with Gasteiger partial charge in [0, 0.05) is 23.6 Å². The monoisotopic (exact) mass is 354 g/mol. The molecule has 5 rings (SSSR count). The van der Waals surface area contributed by atoms with Crippen LogP contribution in [-0.2, 0) is 16.6 Å². The molecule has 4 aromatic rings. The smallest absolute Gasteiger partial charge is 0.235 e. The van der Waals surface area contributed by atoms with Gasteiger partial charge < -0.3 is 5.32 Å². The van der Waals surface area contributed by atoms with Crippen LogP contribution in [0.4, 0.5) is 5.69 Å². The molecule has 5 heteroatoms. The van der Waals surface area contributed by atoms with Crippen LogP contribution in [-0.4, -0.2) is 20.5 Å². The van der Waals surface area contributed by atoms with Gasteiger partial charge in [-0.2, -0.15) is 5.10 Å². The van der Waals surface area contributed by atoms with Crippen molar-refractivity contribution in [3.63, 3.8) is 0 Å². The highest BCUT2D eigenvalue weighted by molar-refractivity contribution is 6.06. The Morgan fingerprint density at radius 3 is 2.78 bits per heavy atom. The van der Waals surface area contributed by atoms with Crippen molar-refractivity contribution in [2.75, 3.05) is 5.32 Å². The second kappa shape index (κ2) is 5.77. The molecule has 0 radical (unpaired) electrons. The molecule has 2 aromatic carbocycles. The van der Waals surface area contributed by atoms with Gasteiger partial charge in [-0.15, -0.1) is 0 Å². The molecule has 27 heavy (non-hydrogen) atoms. The molecule has 0 fully saturated rings. The van der Waals surface area contributed by atoms with Gasteiger partial charge in [0.05, 0.1) is 22.8 Å². The standard InChI is InChI=1S/C22H18N4O/c1-22(14-15-5-3-2-4-6-15)17-13-16(7-8-18(17)25-21(22)27)20-19-9-10-24-26(19)12-11-23-20/h2-13H,14H2,1H3,(H,25,27). The van der Waals surface area contributed by atoms with E-state index in [0.29, 0.717) is 6.42 Å². The van der Waals surface area contributed by atoms with Crippen molar-refractivity contribution in [2.45, 2.75) is 18.8 Å². The van der Waals surface area contributed by atoms with Crippen LogP contribution in [0.25, 0.3) is 16.8 Å². The van der Waals surface area contributed by atoms with Gasteiger partial charge in [0.2, 0.25) is 5.91 Å². The molecular formula is C22H18N4O. The summed E-state index contributed by atoms with van der Waals surface area (Å²) in [5.74, 6) is 0.0361. The second-order valence-corrected chi connectivity index (χ2v) is 7.15. The first kappa shape index (κ1) is 15.8. The van der Waals surface area contributed by atoms with Gasteiger partial charge in [-0.1, -0.05) is 36.4 Å². The number of fused-ring (bicyclic) bond motifs is 2. The third-order valence-corrected chi connectivity index (χ3v) is 5.36. The first-order valence-corrected chi connectivity index (χ1v) is 8.94. The Kier molecular flexibility index (Phi) is 3.37. The van der Waals surface area contributed by atoms with Gasteiger partial charge in [-0.05, 0) is 42.7 Å². The molecule has 1 atom stereocenters. The lowest BCUT2D eigenvalue weighted by atomic mass is 9.78. The average molecular weight is 354 g/mol. The normalized spacial score (nSPS) is 18.5. The minimum Gasteiger partial charge on any atom is -0.325 e. The van der Waals surface area contributed by atoms with E-state index in [1.165, 1.54) is 0 Å². The Balaban J connectivity index is 1.63. The molecular weight excluding hydrogens is 336 g/mol. The summed E-state index contributed by atoms with van der Waals surface area (Å²) in [6.07, 6.45) is 5.99. The fourth-order valence-electron chi connectivity index (χ4n) is 3.90. The number of anilines is 1. The van der Waals surface area contributed by atoms with Gasteiger partial charge in [0.1, 0.15) is 0 Å². The van der Waals surface area contributed by atoms with Crippen molar-refractivity contribution in [1.82, 2.24) is 14.6 Å². The highest BCUT2D eigenvalue weighted by atomic mass is 16.2. The molecule has 2 aromatic heterocycles. The van der Waals surface area contributed by atoms with Crippen LogP contribution in [0.1, 0.15) is 18.1 Å². The SMILES string of the molecule is CC1(Cc2ccccc2)C(=O)Nc2ccc(-c3nccn4nccc34)cc21. The summed E-state index contributed by atoms with van der Waals surface area (Å²) in [6, 6.07) is 18.1. The Bertz CT molecular complexity index is 1170. The summed E-state index contributed by atoms with van der Waals surface area (Å²) in [7, 11) is 0. The number of rotatable bonds is 3. The van der Waals surface area contributed by atoms with Crippen LogP contribution in [0.2, 0.25) is 0 Å². The van der Waals surface area contributed by atoms with E-state index in [-0.39, 0.29) is 5.91 Å². The number of nitrogens with zero attached hydrogens (tertiary/aromatic N) is 3. The molecule has 1 aliphatic heterocycles. The number of benzene rings is 2. The molecule has 0 saturated heterocycles. The maximum atomic E-state index is 12.8. The van der Waals surface area contributed by atoms with E-state index in [0.717, 1.165) is 33.6 Å². The molecule has 0 bridgehead atoms. The van der Waals surface area contributed by atoms with E-state index in [1.54, 1.807) is 12.4 Å². The molecule has 1 N–H and O–H groups in total. The predicted octanol–water partition coefficient (Wildman–Crippen LogP) is 3.85. The molecule has 1 amide bonds. The van der Waals surface area contributed by atoms with Gasteiger partial charge in [0.15, 0.2) is 0 Å². The van der Waals surface area contributed by atoms with Gasteiger partial charge in [-0.25, -0.2) is 4.52 Å². The van der Waals surface area contributed by atoms with Crippen molar-refractivity contribution in [3.05, 3.63) is 84.3 Å². The number of hydrogen-bond acceptors (Lipinski definition) is 3. The lowest BCUT2D eigenvalue weighted by Crippen LogP contribution is -2.33. The average Bonchev–Trinajstić information content (AvgIpc) is 3.26. The Morgan fingerprint density at radius 2 is 1.93 bits per heavy atom. The number of aromatic nitrogens is 3. The number of carbonyl (C=O) groups excluding carboxylic acids is 1. The zero-order valence-electron chi connectivity index (χ0n) is 14.9. The van der Waals surface area contributed by atoms with Gasteiger partial charge in [-0.3, -0.25) is 9.78 Å². The molecule has 132 valence electrons. The van der Waals surface area contributed by atoms with Crippen molar-refractivity contribution >= 4 is 17.1 Å². The zero-order chi connectivity index (χ0) is 18.4. The Labute approximate surface area is 156 Å². The number of carbonyl (C=O) groups is 1. The highest BCUT2D eigenvalue weighted by Crippen LogP contribution is 2.42. The van der Waals surface area contributed by atoms with Crippen LogP contribution in [0, 0.1) is 0 Å². The lowest BCUT2D eigenvalue weighted by Gasteiger charge is -2.23. The van der Waals surface area contributed by atoms with Crippen molar-refractivity contribution in [2.24, 2.45) is 0 Å². The van der Waals surface area contributed by atoms with E-state index >= 15 is 0 Å². The molecule has 3 heterocycles. The van der Waals surface area contributed by atoms with Crippen LogP contribution in [0.5, 0.6) is 0 Å². The van der Waals surface area contributed by atoms with Gasteiger partial charge >= 0.3 is 0 Å². The molecule has 5 nitrogen and oxygen atoms in total. The minimum absolute atomic E-state index is 0.0361. The van der Waals surface area contributed by atoms with Crippen LogP contribution in [0.15, 0.2) is 73.2 Å². The fraction of sp³-hybridized carbons (Fsp3) is 0.136. The van der Waals surface area contributed by atoms with Crippen molar-refractivity contribution < 1.29 is 4.79 Å². The molecule has 0 spiro atoms. The minimum atomic E-state index is -0.613. The van der Waals surface area contributed by atoms with E-state index in [4.69, 9.17) is 0 Å². The van der Waals surface area contributed by atoms with Crippen molar-refractivity contribution in [3.8, 4) is 11.3 Å². The fourth-order valence-corrected chi connectivity index (χ4v) is 3.90. The quantitative estimate of drug-likeness (QED) is 0.608. The predicted molar refractivity (Wildman–Crippen MR) is 105 cm³/mol. The number of amides is 1. The summed E-state index contributed by atoms with van der Waals surface area (Å²) >= 11 is 0. The Morgan fingerprint density at radius 1 is 1.07 bits per heavy atom. The summed E-state index contributed by atoms with van der Waals surface area (Å²) in [5, 5.41) is 7.33. The first-order chi connectivity index (χ1) is 13.1. The Hall–Kier alpha value is -3.47. The summed E-state index contributed by atoms with van der Waals surface area (Å²) < 4.78 is 1.81. The number of nitrogens with one attached hydrogen (secondary N) is 1. The van der Waals surface area contributed by atoms with Crippen LogP contribution in [0.3, 0.4) is 0 Å². The summed E-state index contributed by atoms with van der Waals surface area (Å²) in [5.41, 5.74) is 5.21. The summed E-state index contributed by atoms with van der Waals surface area (Å²) in [4.78, 5) is 17.4. The van der Waals surface area contributed by atoms with E-state index in [1.807, 2.05) is 54.0 Å². The first-order valence-electron chi connectivity index (χ1n) is 8.94. The maximum absolute atomic E-state index is 12.8. The van der Waals surface area contributed by atoms with Crippen LogP contribution < -0.4 is 5.32 Å². The molecule has 1 aliphatic rings. The zero-order valence-corrected chi connectivity index (χ0v) is 14.9. The van der Waals surface area contributed by atoms with Gasteiger partial charge in [0.25, 0.3) is 0 Å². The second-order valence-electron chi connectivity index (χ2n) is 7.15. The maximum Gasteiger partial charge on any atom is 0.235 e. The largest absolute Gasteiger partial charge is 0.325 e. The number of hydrogen-bond donors (Lipinski definition) is 1. The molecule has 1 unspecified atom stereocenters. The van der Waals surface area contributed by atoms with E-state index < -0.39 is 5.41 Å². The molecule has 0 aliphatic carbocycles. The van der Waals surface area contributed by atoms with E-state index in [2.05, 4.69) is 33.6 Å². The third kappa shape index (κ3) is 2.43. The summed E-state index contributed by atoms with van der Waals surface area (Å²) in [6.45, 7) is 2.01. The van der Waals surface area contributed by atoms with E-state index in [9.17, 15) is 4.79 Å². The van der Waals surface area contributed by atoms with Crippen LogP contribution >= 0.6 is 0 Å². The topological polar surface area (TPSA) is 59.3 Å². The lowest BCUT2D eigenvalue weighted by molar-refractivity contribution is -0.120. The molecule has 0 saturated carbocycles. The van der Waals surface area contributed by atoms with Crippen molar-refractivity contribution in [1.29, 1.82) is 0 Å².